The molecule has 0 aliphatic rings. The number of rotatable bonds is 3. The van der Waals surface area contributed by atoms with Gasteiger partial charge in [-0.25, -0.2) is 9.07 Å². The molecule has 0 bridgehead atoms. The van der Waals surface area contributed by atoms with Gasteiger partial charge in [0.1, 0.15) is 11.9 Å². The summed E-state index contributed by atoms with van der Waals surface area (Å²) < 4.78 is 14.7. The van der Waals surface area contributed by atoms with Crippen molar-refractivity contribution in [2.75, 3.05) is 0 Å². The molecule has 0 aliphatic carbocycles. The first-order chi connectivity index (χ1) is 8.24. The summed E-state index contributed by atoms with van der Waals surface area (Å²) in [6.07, 6.45) is 0.672. The largest absolute Gasteiger partial charge is 0.244 e. The number of hydrogen-bond acceptors (Lipinski definition) is 3. The zero-order chi connectivity index (χ0) is 12.3. The highest BCUT2D eigenvalue weighted by atomic mass is 19.1. The van der Waals surface area contributed by atoms with E-state index < -0.39 is 0 Å². The molecule has 1 heterocycles. The van der Waals surface area contributed by atoms with Gasteiger partial charge in [-0.05, 0) is 24.1 Å². The predicted octanol–water partition coefficient (Wildman–Crippen LogP) is 1.90. The molecule has 0 aliphatic heterocycles. The molecule has 0 fully saturated rings. The van der Waals surface area contributed by atoms with Gasteiger partial charge in [0.2, 0.25) is 0 Å². The highest BCUT2D eigenvalue weighted by Crippen LogP contribution is 2.10. The van der Waals surface area contributed by atoms with Crippen LogP contribution in [0.3, 0.4) is 0 Å². The lowest BCUT2D eigenvalue weighted by Gasteiger charge is -2.04. The maximum Gasteiger partial charge on any atom is 0.185 e. The fourth-order valence-electron chi connectivity index (χ4n) is 1.70. The van der Waals surface area contributed by atoms with E-state index in [1.165, 1.54) is 12.1 Å². The Hall–Kier alpha value is -2.22. The number of aromatic nitrogens is 3. The van der Waals surface area contributed by atoms with E-state index in [1.54, 1.807) is 10.7 Å². The maximum absolute atomic E-state index is 13.0. The quantitative estimate of drug-likeness (QED) is 0.809. The van der Waals surface area contributed by atoms with E-state index in [-0.39, 0.29) is 5.82 Å². The van der Waals surface area contributed by atoms with Crippen LogP contribution in [0.2, 0.25) is 0 Å². The lowest BCUT2D eigenvalue weighted by molar-refractivity contribution is 0.604. The number of nitriles is 1. The van der Waals surface area contributed by atoms with Crippen molar-refractivity contribution in [2.45, 2.75) is 19.9 Å². The van der Waals surface area contributed by atoms with E-state index in [9.17, 15) is 4.39 Å². The third kappa shape index (κ3) is 2.31. The van der Waals surface area contributed by atoms with Gasteiger partial charge in [-0.15, -0.1) is 5.10 Å². The van der Waals surface area contributed by atoms with Crippen LogP contribution in [-0.4, -0.2) is 15.0 Å². The molecule has 0 saturated heterocycles. The first-order valence-corrected chi connectivity index (χ1v) is 5.31. The van der Waals surface area contributed by atoms with Crippen molar-refractivity contribution >= 4 is 0 Å². The summed E-state index contributed by atoms with van der Waals surface area (Å²) in [7, 11) is 0. The van der Waals surface area contributed by atoms with Gasteiger partial charge < -0.3 is 0 Å². The van der Waals surface area contributed by atoms with Crippen LogP contribution in [0.25, 0.3) is 0 Å². The van der Waals surface area contributed by atoms with Crippen LogP contribution in [-0.2, 0) is 13.0 Å². The van der Waals surface area contributed by atoms with E-state index >= 15 is 0 Å². The van der Waals surface area contributed by atoms with Crippen LogP contribution in [0.5, 0.6) is 0 Å². The zero-order valence-corrected chi connectivity index (χ0v) is 9.39. The molecule has 0 spiro atoms. The first kappa shape index (κ1) is 11.3. The lowest BCUT2D eigenvalue weighted by atomic mass is 10.2. The van der Waals surface area contributed by atoms with E-state index in [2.05, 4.69) is 10.3 Å². The minimum atomic E-state index is -0.277. The van der Waals surface area contributed by atoms with Gasteiger partial charge in [-0.3, -0.25) is 0 Å². The van der Waals surface area contributed by atoms with Crippen LogP contribution >= 0.6 is 0 Å². The van der Waals surface area contributed by atoms with E-state index in [4.69, 9.17) is 5.26 Å². The van der Waals surface area contributed by atoms with Gasteiger partial charge in [0.15, 0.2) is 5.69 Å². The molecule has 1 aromatic heterocycles. The highest BCUT2D eigenvalue weighted by Gasteiger charge is 2.10. The zero-order valence-electron chi connectivity index (χ0n) is 9.39. The van der Waals surface area contributed by atoms with Crippen LogP contribution in [0, 0.1) is 17.1 Å². The molecular weight excluding hydrogens is 219 g/mol. The Morgan fingerprint density at radius 1 is 1.47 bits per heavy atom. The van der Waals surface area contributed by atoms with Crippen molar-refractivity contribution in [1.29, 1.82) is 5.26 Å². The Morgan fingerprint density at radius 3 is 2.94 bits per heavy atom. The first-order valence-electron chi connectivity index (χ1n) is 5.31. The number of nitrogens with zero attached hydrogens (tertiary/aromatic N) is 4. The SMILES string of the molecule is CCc1c(C#N)nnn1Cc1cccc(F)c1. The molecule has 86 valence electrons. The second-order valence-corrected chi connectivity index (χ2v) is 3.64. The van der Waals surface area contributed by atoms with Gasteiger partial charge >= 0.3 is 0 Å². The molecule has 0 unspecified atom stereocenters. The summed E-state index contributed by atoms with van der Waals surface area (Å²) in [4.78, 5) is 0. The molecule has 2 rings (SSSR count). The third-order valence-electron chi connectivity index (χ3n) is 2.50. The van der Waals surface area contributed by atoms with E-state index in [1.807, 2.05) is 19.1 Å². The fourth-order valence-corrected chi connectivity index (χ4v) is 1.70. The van der Waals surface area contributed by atoms with Crippen molar-refractivity contribution in [3.63, 3.8) is 0 Å². The summed E-state index contributed by atoms with van der Waals surface area (Å²) in [5.74, 6) is -0.277. The molecule has 1 aromatic carbocycles. The Morgan fingerprint density at radius 2 is 2.29 bits per heavy atom. The molecule has 0 N–H and O–H groups in total. The van der Waals surface area contributed by atoms with Crippen LogP contribution in [0.15, 0.2) is 24.3 Å². The van der Waals surface area contributed by atoms with Crippen LogP contribution in [0.1, 0.15) is 23.9 Å². The highest BCUT2D eigenvalue weighted by molar-refractivity contribution is 5.25. The second kappa shape index (κ2) is 4.74. The number of hydrogen-bond donors (Lipinski definition) is 0. The molecule has 17 heavy (non-hydrogen) atoms. The monoisotopic (exact) mass is 230 g/mol. The average molecular weight is 230 g/mol. The van der Waals surface area contributed by atoms with Crippen LogP contribution < -0.4 is 0 Å². The molecule has 0 radical (unpaired) electrons. The van der Waals surface area contributed by atoms with Crippen molar-refractivity contribution in [3.05, 3.63) is 47.0 Å². The topological polar surface area (TPSA) is 54.5 Å². The molecule has 0 saturated carbocycles. The van der Waals surface area contributed by atoms with Gasteiger partial charge in [-0.2, -0.15) is 5.26 Å². The van der Waals surface area contributed by atoms with Gasteiger partial charge in [0.05, 0.1) is 12.2 Å². The smallest absolute Gasteiger partial charge is 0.185 e. The van der Waals surface area contributed by atoms with Crippen molar-refractivity contribution < 1.29 is 4.39 Å². The normalized spacial score (nSPS) is 10.2. The lowest BCUT2D eigenvalue weighted by Crippen LogP contribution is -2.06. The Labute approximate surface area is 98.3 Å². The third-order valence-corrected chi connectivity index (χ3v) is 2.50. The van der Waals surface area contributed by atoms with E-state index in [0.717, 1.165) is 11.3 Å². The minimum Gasteiger partial charge on any atom is -0.244 e. The minimum absolute atomic E-state index is 0.277. The molecule has 2 aromatic rings. The maximum atomic E-state index is 13.0. The van der Waals surface area contributed by atoms with Gasteiger partial charge in [0, 0.05) is 0 Å². The Balaban J connectivity index is 2.31. The van der Waals surface area contributed by atoms with Gasteiger partial charge in [0.25, 0.3) is 0 Å². The van der Waals surface area contributed by atoms with Crippen LogP contribution in [0.4, 0.5) is 4.39 Å². The second-order valence-electron chi connectivity index (χ2n) is 3.64. The average Bonchev–Trinajstić information content (AvgIpc) is 2.71. The molecule has 0 amide bonds. The number of benzene rings is 1. The molecule has 0 atom stereocenters. The summed E-state index contributed by atoms with van der Waals surface area (Å²) in [5, 5.41) is 16.5. The molecule has 5 heteroatoms. The van der Waals surface area contributed by atoms with Crippen molar-refractivity contribution in [1.82, 2.24) is 15.0 Å². The Kier molecular flexibility index (Phi) is 3.15. The predicted molar refractivity (Wildman–Crippen MR) is 59.6 cm³/mol. The van der Waals surface area contributed by atoms with E-state index in [0.29, 0.717) is 18.7 Å². The summed E-state index contributed by atoms with van der Waals surface area (Å²) in [6.45, 7) is 2.36. The van der Waals surface area contributed by atoms with Crippen molar-refractivity contribution in [3.8, 4) is 6.07 Å². The van der Waals surface area contributed by atoms with Gasteiger partial charge in [-0.1, -0.05) is 24.3 Å². The summed E-state index contributed by atoms with van der Waals surface area (Å²) in [6, 6.07) is 8.31. The van der Waals surface area contributed by atoms with Crippen molar-refractivity contribution in [2.24, 2.45) is 0 Å². The Bertz CT molecular complexity index is 568. The standard InChI is InChI=1S/C12H11FN4/c1-2-12-11(7-14)15-16-17(12)8-9-4-3-5-10(13)6-9/h3-6H,2,8H2,1H3. The summed E-state index contributed by atoms with van der Waals surface area (Å²) >= 11 is 0. The molecular formula is C12H11FN4. The molecule has 4 nitrogen and oxygen atoms in total. The summed E-state index contributed by atoms with van der Waals surface area (Å²) in [5.41, 5.74) is 1.91. The number of halogens is 1. The fraction of sp³-hybridized carbons (Fsp3) is 0.250.